The third-order valence-corrected chi connectivity index (χ3v) is 3.57. The van der Waals surface area contributed by atoms with Crippen LogP contribution in [0.25, 0.3) is 11.1 Å². The summed E-state index contributed by atoms with van der Waals surface area (Å²) in [6, 6.07) is 19.4. The molecule has 3 rings (SSSR count). The molecule has 0 fully saturated rings. The number of rotatable bonds is 6. The zero-order valence-corrected chi connectivity index (χ0v) is 12.9. The highest BCUT2D eigenvalue weighted by Crippen LogP contribution is 2.20. The molecule has 3 N–H and O–H groups in total. The van der Waals surface area contributed by atoms with Crippen molar-refractivity contribution in [3.05, 3.63) is 84.2 Å². The van der Waals surface area contributed by atoms with E-state index in [1.165, 1.54) is 6.20 Å². The fourth-order valence-electron chi connectivity index (χ4n) is 2.30. The number of carbonyl (C=O) groups is 1. The van der Waals surface area contributed by atoms with Gasteiger partial charge in [-0.3, -0.25) is 4.98 Å². The highest BCUT2D eigenvalue weighted by atomic mass is 16.4. The maximum Gasteiger partial charge on any atom is 0.337 e. The quantitative estimate of drug-likeness (QED) is 0.606. The fraction of sp³-hybridized carbons (Fsp3) is 0.0526. The zero-order valence-electron chi connectivity index (χ0n) is 12.9. The topological polar surface area (TPSA) is 74.2 Å². The molecule has 24 heavy (non-hydrogen) atoms. The Labute approximate surface area is 140 Å². The van der Waals surface area contributed by atoms with Crippen LogP contribution in [0.4, 0.5) is 5.69 Å². The van der Waals surface area contributed by atoms with Crippen LogP contribution in [-0.2, 0) is 6.54 Å². The van der Waals surface area contributed by atoms with E-state index >= 15 is 0 Å². The first-order chi connectivity index (χ1) is 11.7. The lowest BCUT2D eigenvalue weighted by Gasteiger charge is -2.09. The molecule has 0 atom stereocenters. The van der Waals surface area contributed by atoms with Crippen molar-refractivity contribution in [3.63, 3.8) is 0 Å². The van der Waals surface area contributed by atoms with Crippen LogP contribution in [0.3, 0.4) is 0 Å². The molecule has 2 aromatic carbocycles. The Hall–Kier alpha value is -3.18. The first kappa shape index (κ1) is 15.7. The van der Waals surface area contributed by atoms with Crippen molar-refractivity contribution in [2.75, 3.05) is 5.43 Å². The number of anilines is 1. The maximum atomic E-state index is 11.0. The number of benzene rings is 2. The number of nitrogens with one attached hydrogen (secondary N) is 2. The number of aromatic carboxylic acids is 1. The molecule has 0 aliphatic carbocycles. The number of hydrogen-bond donors (Lipinski definition) is 3. The predicted molar refractivity (Wildman–Crippen MR) is 93.5 cm³/mol. The van der Waals surface area contributed by atoms with E-state index in [1.54, 1.807) is 12.3 Å². The molecule has 0 saturated carbocycles. The van der Waals surface area contributed by atoms with Crippen molar-refractivity contribution >= 4 is 11.7 Å². The summed E-state index contributed by atoms with van der Waals surface area (Å²) < 4.78 is 0. The van der Waals surface area contributed by atoms with Crippen molar-refractivity contribution in [3.8, 4) is 11.1 Å². The van der Waals surface area contributed by atoms with E-state index in [1.807, 2.05) is 54.6 Å². The number of pyridine rings is 1. The van der Waals surface area contributed by atoms with Gasteiger partial charge in [0.25, 0.3) is 0 Å². The predicted octanol–water partition coefficient (Wildman–Crippen LogP) is 3.56. The van der Waals surface area contributed by atoms with E-state index < -0.39 is 5.97 Å². The van der Waals surface area contributed by atoms with Crippen molar-refractivity contribution in [1.29, 1.82) is 0 Å². The van der Waals surface area contributed by atoms with Crippen LogP contribution in [0, 0.1) is 0 Å². The molecule has 1 heterocycles. The second-order valence-corrected chi connectivity index (χ2v) is 5.31. The molecule has 0 aliphatic rings. The van der Waals surface area contributed by atoms with E-state index in [2.05, 4.69) is 15.8 Å². The molecule has 0 unspecified atom stereocenters. The fourth-order valence-corrected chi connectivity index (χ4v) is 2.30. The molecule has 0 saturated heterocycles. The monoisotopic (exact) mass is 319 g/mol. The molecule has 0 bridgehead atoms. The van der Waals surface area contributed by atoms with Crippen LogP contribution in [0.15, 0.2) is 73.1 Å². The van der Waals surface area contributed by atoms with E-state index in [9.17, 15) is 4.79 Å². The van der Waals surface area contributed by atoms with Crippen molar-refractivity contribution in [1.82, 2.24) is 10.4 Å². The average Bonchev–Trinajstić information content (AvgIpc) is 2.63. The van der Waals surface area contributed by atoms with Gasteiger partial charge in [-0.05, 0) is 29.3 Å². The number of carboxylic acids is 1. The second kappa shape index (κ2) is 7.39. The summed E-state index contributed by atoms with van der Waals surface area (Å²) in [5.74, 6) is -0.975. The van der Waals surface area contributed by atoms with Gasteiger partial charge in [0.1, 0.15) is 0 Å². The number of hydrazine groups is 1. The molecule has 0 amide bonds. The summed E-state index contributed by atoms with van der Waals surface area (Å²) in [7, 11) is 0. The number of para-hydroxylation sites is 1. The van der Waals surface area contributed by atoms with Crippen LogP contribution in [0.2, 0.25) is 0 Å². The molecular formula is C19H17N3O2. The third kappa shape index (κ3) is 3.97. The van der Waals surface area contributed by atoms with Crippen molar-refractivity contribution < 1.29 is 9.90 Å². The Morgan fingerprint density at radius 3 is 2.42 bits per heavy atom. The summed E-state index contributed by atoms with van der Waals surface area (Å²) in [6.07, 6.45) is 3.01. The minimum Gasteiger partial charge on any atom is -0.478 e. The summed E-state index contributed by atoms with van der Waals surface area (Å²) in [5.41, 5.74) is 10.3. The second-order valence-electron chi connectivity index (χ2n) is 5.31. The SMILES string of the molecule is O=C(O)c1cncc(-c2ccc(CNNc3ccccc3)cc2)c1. The first-order valence-corrected chi connectivity index (χ1v) is 7.54. The van der Waals surface area contributed by atoms with Gasteiger partial charge in [-0.1, -0.05) is 42.5 Å². The van der Waals surface area contributed by atoms with Crippen LogP contribution in [0.1, 0.15) is 15.9 Å². The van der Waals surface area contributed by atoms with Gasteiger partial charge in [0.15, 0.2) is 0 Å². The number of nitrogens with zero attached hydrogens (tertiary/aromatic N) is 1. The van der Waals surface area contributed by atoms with Crippen LogP contribution in [-0.4, -0.2) is 16.1 Å². The van der Waals surface area contributed by atoms with Gasteiger partial charge >= 0.3 is 5.97 Å². The molecule has 5 heteroatoms. The van der Waals surface area contributed by atoms with Gasteiger partial charge in [-0.15, -0.1) is 0 Å². The smallest absolute Gasteiger partial charge is 0.337 e. The largest absolute Gasteiger partial charge is 0.478 e. The van der Waals surface area contributed by atoms with E-state index in [0.717, 1.165) is 22.4 Å². The van der Waals surface area contributed by atoms with Gasteiger partial charge in [0, 0.05) is 30.2 Å². The molecule has 0 radical (unpaired) electrons. The molecule has 3 aromatic rings. The lowest BCUT2D eigenvalue weighted by molar-refractivity contribution is 0.0696. The molecule has 0 spiro atoms. The Kier molecular flexibility index (Phi) is 4.84. The zero-order chi connectivity index (χ0) is 16.8. The van der Waals surface area contributed by atoms with Crippen LogP contribution >= 0.6 is 0 Å². The number of hydrogen-bond acceptors (Lipinski definition) is 4. The lowest BCUT2D eigenvalue weighted by atomic mass is 10.0. The third-order valence-electron chi connectivity index (χ3n) is 3.57. The maximum absolute atomic E-state index is 11.0. The molecule has 5 nitrogen and oxygen atoms in total. The normalized spacial score (nSPS) is 10.3. The minimum absolute atomic E-state index is 0.185. The van der Waals surface area contributed by atoms with Crippen molar-refractivity contribution in [2.45, 2.75) is 6.54 Å². The van der Waals surface area contributed by atoms with E-state index in [4.69, 9.17) is 5.11 Å². The number of carboxylic acid groups (broad SMARTS) is 1. The Morgan fingerprint density at radius 2 is 1.71 bits per heavy atom. The Bertz CT molecular complexity index is 818. The lowest BCUT2D eigenvalue weighted by Crippen LogP contribution is -2.20. The minimum atomic E-state index is -0.975. The van der Waals surface area contributed by atoms with Gasteiger partial charge in [0.2, 0.25) is 0 Å². The standard InChI is InChI=1S/C19H17N3O2/c23-19(24)17-10-16(12-20-13-17)15-8-6-14(7-9-15)11-21-22-18-4-2-1-3-5-18/h1-10,12-13,21-22H,11H2,(H,23,24). The van der Waals surface area contributed by atoms with Gasteiger partial charge in [-0.25, -0.2) is 10.2 Å². The number of aromatic nitrogens is 1. The summed E-state index contributed by atoms with van der Waals surface area (Å²) in [6.45, 7) is 0.669. The highest BCUT2D eigenvalue weighted by molar-refractivity contribution is 5.88. The summed E-state index contributed by atoms with van der Waals surface area (Å²) in [5, 5.41) is 9.04. The molecule has 120 valence electrons. The van der Waals surface area contributed by atoms with Crippen LogP contribution in [0.5, 0.6) is 0 Å². The van der Waals surface area contributed by atoms with E-state index in [-0.39, 0.29) is 5.56 Å². The highest BCUT2D eigenvalue weighted by Gasteiger charge is 2.05. The Morgan fingerprint density at radius 1 is 0.958 bits per heavy atom. The van der Waals surface area contributed by atoms with Crippen LogP contribution < -0.4 is 10.9 Å². The van der Waals surface area contributed by atoms with Gasteiger partial charge < -0.3 is 10.5 Å². The summed E-state index contributed by atoms with van der Waals surface area (Å²) >= 11 is 0. The first-order valence-electron chi connectivity index (χ1n) is 7.54. The van der Waals surface area contributed by atoms with E-state index in [0.29, 0.717) is 6.54 Å². The van der Waals surface area contributed by atoms with Crippen molar-refractivity contribution in [2.24, 2.45) is 0 Å². The summed E-state index contributed by atoms with van der Waals surface area (Å²) in [4.78, 5) is 15.0. The molecular weight excluding hydrogens is 302 g/mol. The molecule has 0 aliphatic heterocycles. The Balaban J connectivity index is 1.63. The van der Waals surface area contributed by atoms with Gasteiger partial charge in [0.05, 0.1) is 5.56 Å². The molecule has 1 aromatic heterocycles. The average molecular weight is 319 g/mol. The van der Waals surface area contributed by atoms with Gasteiger partial charge in [-0.2, -0.15) is 0 Å².